The number of fused-ring (bicyclic) bond motifs is 5. The van der Waals surface area contributed by atoms with Crippen LogP contribution in [0.1, 0.15) is 53.4 Å². The molecule has 0 radical (unpaired) electrons. The fraction of sp³-hybridized carbons (Fsp3) is 0.667. The van der Waals surface area contributed by atoms with Crippen LogP contribution in [0.3, 0.4) is 0 Å². The van der Waals surface area contributed by atoms with Gasteiger partial charge in [0.05, 0.1) is 0 Å². The first kappa shape index (κ1) is 22.1. The maximum absolute atomic E-state index is 16.9. The molecule has 0 amide bonds. The van der Waals surface area contributed by atoms with Crippen LogP contribution in [0.5, 0.6) is 0 Å². The van der Waals surface area contributed by atoms with E-state index in [0.717, 1.165) is 0 Å². The van der Waals surface area contributed by atoms with E-state index in [-0.39, 0.29) is 25.0 Å². The van der Waals surface area contributed by atoms with Gasteiger partial charge in [0.25, 0.3) is 0 Å². The summed E-state index contributed by atoms with van der Waals surface area (Å²) in [5.74, 6) is -3.82. The Kier molecular flexibility index (Phi) is 4.75. The summed E-state index contributed by atoms with van der Waals surface area (Å²) in [4.78, 5) is 49.6. The van der Waals surface area contributed by atoms with Gasteiger partial charge in [-0.25, -0.2) is 4.39 Å². The number of carbonyl (C=O) groups excluding carboxylic acids is 4. The summed E-state index contributed by atoms with van der Waals surface area (Å²) in [5, 5.41) is 11.6. The zero-order chi connectivity index (χ0) is 23.0. The Morgan fingerprint density at radius 1 is 1.29 bits per heavy atom. The van der Waals surface area contributed by atoms with Gasteiger partial charge in [-0.2, -0.15) is 0 Å². The highest BCUT2D eigenvalue weighted by atomic mass is 19.1. The molecule has 1 unspecified atom stereocenters. The third-order valence-corrected chi connectivity index (χ3v) is 8.78. The van der Waals surface area contributed by atoms with E-state index in [1.54, 1.807) is 32.9 Å². The van der Waals surface area contributed by atoms with Crippen molar-refractivity contribution in [2.24, 2.45) is 28.6 Å². The van der Waals surface area contributed by atoms with Gasteiger partial charge in [0.15, 0.2) is 23.8 Å². The smallest absolute Gasteiger partial charge is 0.303 e. The van der Waals surface area contributed by atoms with Gasteiger partial charge in [-0.15, -0.1) is 0 Å². The Morgan fingerprint density at radius 2 is 1.97 bits per heavy atom. The van der Waals surface area contributed by atoms with Crippen molar-refractivity contribution in [3.8, 4) is 0 Å². The number of Topliss-reactive ketones (excluding diaryl/α,β-unsaturated/α-hetero) is 2. The van der Waals surface area contributed by atoms with E-state index < -0.39 is 64.0 Å². The molecule has 0 aromatic rings. The van der Waals surface area contributed by atoms with Crippen LogP contribution in [0.15, 0.2) is 23.8 Å². The predicted molar refractivity (Wildman–Crippen MR) is 108 cm³/mol. The summed E-state index contributed by atoms with van der Waals surface area (Å²) in [7, 11) is 0. The summed E-state index contributed by atoms with van der Waals surface area (Å²) in [6.07, 6.45) is 5.33. The summed E-state index contributed by atoms with van der Waals surface area (Å²) in [5.41, 5.74) is -5.88. The molecular formula is C24H29FO6. The second-order valence-electron chi connectivity index (χ2n) is 10.2. The van der Waals surface area contributed by atoms with Gasteiger partial charge < -0.3 is 9.84 Å². The largest absolute Gasteiger partial charge is 0.458 e. The molecule has 31 heavy (non-hydrogen) atoms. The van der Waals surface area contributed by atoms with E-state index in [9.17, 15) is 24.3 Å². The Morgan fingerprint density at radius 3 is 2.61 bits per heavy atom. The minimum atomic E-state index is -2.21. The van der Waals surface area contributed by atoms with Gasteiger partial charge >= 0.3 is 5.97 Å². The topological polar surface area (TPSA) is 97.7 Å². The summed E-state index contributed by atoms with van der Waals surface area (Å²) < 4.78 is 21.8. The minimum absolute atomic E-state index is 0.0767. The SMILES string of the molecule is CC(=O)OCC(=O)[C@@]1(O)C(C)C[C@H]2[C@@H]3C=CC4=CC(=O)CC[C@]4(C)[C@@]3(F)C(=O)C[C@@]21C. The van der Waals surface area contributed by atoms with Crippen LogP contribution in [0.2, 0.25) is 0 Å². The molecule has 6 nitrogen and oxygen atoms in total. The van der Waals surface area contributed by atoms with Crippen molar-refractivity contribution in [3.05, 3.63) is 23.8 Å². The van der Waals surface area contributed by atoms with E-state index in [1.165, 1.54) is 13.0 Å². The third kappa shape index (κ3) is 2.58. The van der Waals surface area contributed by atoms with Crippen LogP contribution < -0.4 is 0 Å². The quantitative estimate of drug-likeness (QED) is 0.689. The average Bonchev–Trinajstić information content (AvgIpc) is 2.89. The monoisotopic (exact) mass is 432 g/mol. The molecule has 7 heteroatoms. The summed E-state index contributed by atoms with van der Waals surface area (Å²) >= 11 is 0. The molecule has 0 spiro atoms. The van der Waals surface area contributed by atoms with Crippen molar-refractivity contribution in [1.29, 1.82) is 0 Å². The van der Waals surface area contributed by atoms with Crippen LogP contribution in [0.4, 0.5) is 4.39 Å². The maximum Gasteiger partial charge on any atom is 0.303 e. The molecule has 4 rings (SSSR count). The van der Waals surface area contributed by atoms with Gasteiger partial charge in [-0.3, -0.25) is 19.2 Å². The number of aliphatic hydroxyl groups is 1. The van der Waals surface area contributed by atoms with E-state index in [0.29, 0.717) is 12.0 Å². The van der Waals surface area contributed by atoms with E-state index in [4.69, 9.17) is 4.74 Å². The number of ether oxygens (including phenoxy) is 1. The lowest BCUT2D eigenvalue weighted by atomic mass is 9.46. The van der Waals surface area contributed by atoms with Crippen LogP contribution in [0.25, 0.3) is 0 Å². The highest BCUT2D eigenvalue weighted by Gasteiger charge is 2.75. The Bertz CT molecular complexity index is 952. The van der Waals surface area contributed by atoms with Gasteiger partial charge in [-0.05, 0) is 36.3 Å². The van der Waals surface area contributed by atoms with E-state index in [1.807, 2.05) is 0 Å². The van der Waals surface area contributed by atoms with Crippen LogP contribution >= 0.6 is 0 Å². The Hall–Kier alpha value is -2.15. The lowest BCUT2D eigenvalue weighted by Crippen LogP contribution is -2.67. The first-order valence-corrected chi connectivity index (χ1v) is 10.9. The van der Waals surface area contributed by atoms with Gasteiger partial charge in [0, 0.05) is 36.5 Å². The molecule has 0 aromatic heterocycles. The van der Waals surface area contributed by atoms with Crippen molar-refractivity contribution < 1.29 is 33.4 Å². The van der Waals surface area contributed by atoms with Crippen molar-refractivity contribution in [1.82, 2.24) is 0 Å². The number of ketones is 3. The standard InChI is InChI=1S/C24H29FO6/c1-13-9-18-17-6-5-15-10-16(27)7-8-21(15,3)23(17,25)19(28)11-22(18,4)24(13,30)20(29)12-31-14(2)26/h5-6,10,13,17-18,30H,7-9,11-12H2,1-4H3/t13?,17-,18-,21-,22-,23-,24-/m0/s1. The molecule has 0 bridgehead atoms. The van der Waals surface area contributed by atoms with Crippen LogP contribution in [-0.2, 0) is 23.9 Å². The van der Waals surface area contributed by atoms with E-state index in [2.05, 4.69) is 0 Å². The number of allylic oxidation sites excluding steroid dienone is 4. The fourth-order valence-electron chi connectivity index (χ4n) is 6.96. The predicted octanol–water partition coefficient (Wildman–Crippen LogP) is 2.67. The zero-order valence-electron chi connectivity index (χ0n) is 18.4. The van der Waals surface area contributed by atoms with E-state index >= 15 is 4.39 Å². The molecule has 0 saturated heterocycles. The van der Waals surface area contributed by atoms with Gasteiger partial charge in [-0.1, -0.05) is 32.9 Å². The second kappa shape index (κ2) is 6.67. The lowest BCUT2D eigenvalue weighted by molar-refractivity contribution is -0.185. The number of alkyl halides is 1. The van der Waals surface area contributed by atoms with Gasteiger partial charge in [0.2, 0.25) is 5.78 Å². The Balaban J connectivity index is 1.80. The second-order valence-corrected chi connectivity index (χ2v) is 10.2. The van der Waals surface area contributed by atoms with Crippen molar-refractivity contribution in [2.75, 3.05) is 6.61 Å². The van der Waals surface area contributed by atoms with Crippen molar-refractivity contribution in [3.63, 3.8) is 0 Å². The lowest BCUT2D eigenvalue weighted by Gasteiger charge is -2.58. The number of hydrogen-bond acceptors (Lipinski definition) is 6. The number of halogens is 1. The number of rotatable bonds is 3. The molecule has 0 heterocycles. The molecule has 2 fully saturated rings. The number of carbonyl (C=O) groups is 4. The summed E-state index contributed by atoms with van der Waals surface area (Å²) in [6, 6.07) is 0. The van der Waals surface area contributed by atoms with Crippen molar-refractivity contribution in [2.45, 2.75) is 64.6 Å². The van der Waals surface area contributed by atoms with Crippen LogP contribution in [0, 0.1) is 28.6 Å². The highest BCUT2D eigenvalue weighted by molar-refractivity contribution is 5.98. The molecule has 168 valence electrons. The molecule has 0 aliphatic heterocycles. The molecule has 7 atom stereocenters. The molecular weight excluding hydrogens is 403 g/mol. The highest BCUT2D eigenvalue weighted by Crippen LogP contribution is 2.68. The maximum atomic E-state index is 16.9. The van der Waals surface area contributed by atoms with Crippen LogP contribution in [-0.4, -0.2) is 46.3 Å². The molecule has 4 aliphatic carbocycles. The molecule has 2 saturated carbocycles. The molecule has 1 N–H and O–H groups in total. The molecule has 0 aromatic carbocycles. The first-order chi connectivity index (χ1) is 14.3. The Labute approximate surface area is 180 Å². The first-order valence-electron chi connectivity index (χ1n) is 10.9. The normalized spacial score (nSPS) is 46.0. The number of hydrogen-bond donors (Lipinski definition) is 1. The summed E-state index contributed by atoms with van der Waals surface area (Å²) in [6.45, 7) is 5.70. The van der Waals surface area contributed by atoms with Crippen molar-refractivity contribution >= 4 is 23.3 Å². The van der Waals surface area contributed by atoms with Gasteiger partial charge in [0.1, 0.15) is 5.60 Å². The molecule has 4 aliphatic rings. The average molecular weight is 432 g/mol. The zero-order valence-corrected chi connectivity index (χ0v) is 18.4. The third-order valence-electron chi connectivity index (χ3n) is 8.78. The number of esters is 1. The fourth-order valence-corrected chi connectivity index (χ4v) is 6.96. The minimum Gasteiger partial charge on any atom is -0.458 e.